The number of nitrogens with zero attached hydrogens (tertiary/aromatic N) is 1. The quantitative estimate of drug-likeness (QED) is 0.797. The summed E-state index contributed by atoms with van der Waals surface area (Å²) >= 11 is 0. The van der Waals surface area contributed by atoms with Crippen LogP contribution >= 0.6 is 0 Å². The maximum atomic E-state index is 13.3. The SMILES string of the molecule is C=C(C)C1CCc2ccccc2N1S(=O)(=O)c1ccc(C)cc1. The van der Waals surface area contributed by atoms with Crippen LogP contribution in [0.1, 0.15) is 24.5 Å². The van der Waals surface area contributed by atoms with Crippen molar-refractivity contribution < 1.29 is 8.42 Å². The first-order valence-corrected chi connectivity index (χ1v) is 9.19. The normalized spacial score (nSPS) is 17.7. The minimum absolute atomic E-state index is 0.198. The number of aryl methyl sites for hydroxylation is 2. The third kappa shape index (κ3) is 2.79. The van der Waals surface area contributed by atoms with Crippen molar-refractivity contribution >= 4 is 15.7 Å². The Bertz CT molecular complexity index is 838. The van der Waals surface area contributed by atoms with Gasteiger partial charge in [-0.05, 0) is 50.5 Å². The Morgan fingerprint density at radius 2 is 1.78 bits per heavy atom. The fraction of sp³-hybridized carbons (Fsp3) is 0.263. The van der Waals surface area contributed by atoms with Gasteiger partial charge in [-0.2, -0.15) is 0 Å². The van der Waals surface area contributed by atoms with Crippen LogP contribution in [0.25, 0.3) is 0 Å². The number of anilines is 1. The molecule has 1 aliphatic heterocycles. The van der Waals surface area contributed by atoms with Gasteiger partial charge in [-0.25, -0.2) is 8.42 Å². The number of hydrogen-bond donors (Lipinski definition) is 0. The molecule has 1 atom stereocenters. The van der Waals surface area contributed by atoms with E-state index >= 15 is 0 Å². The highest BCUT2D eigenvalue weighted by Crippen LogP contribution is 2.37. The van der Waals surface area contributed by atoms with Gasteiger partial charge in [0.05, 0.1) is 16.6 Å². The van der Waals surface area contributed by atoms with E-state index in [0.29, 0.717) is 4.90 Å². The molecule has 0 saturated carbocycles. The van der Waals surface area contributed by atoms with Gasteiger partial charge in [0.25, 0.3) is 10.0 Å². The number of rotatable bonds is 3. The molecule has 0 fully saturated rings. The largest absolute Gasteiger partial charge is 0.264 e. The van der Waals surface area contributed by atoms with Gasteiger partial charge in [0.2, 0.25) is 0 Å². The van der Waals surface area contributed by atoms with Crippen LogP contribution in [0.2, 0.25) is 0 Å². The van der Waals surface area contributed by atoms with E-state index in [-0.39, 0.29) is 6.04 Å². The van der Waals surface area contributed by atoms with Gasteiger partial charge in [-0.3, -0.25) is 4.31 Å². The molecule has 4 heteroatoms. The minimum atomic E-state index is -3.61. The van der Waals surface area contributed by atoms with Crippen molar-refractivity contribution in [1.29, 1.82) is 0 Å². The van der Waals surface area contributed by atoms with E-state index in [2.05, 4.69) is 6.58 Å². The maximum Gasteiger partial charge on any atom is 0.264 e. The van der Waals surface area contributed by atoms with E-state index in [1.54, 1.807) is 16.4 Å². The second-order valence-electron chi connectivity index (χ2n) is 6.14. The van der Waals surface area contributed by atoms with Gasteiger partial charge < -0.3 is 0 Å². The monoisotopic (exact) mass is 327 g/mol. The average Bonchev–Trinajstić information content (AvgIpc) is 2.54. The lowest BCUT2D eigenvalue weighted by Gasteiger charge is -2.38. The summed E-state index contributed by atoms with van der Waals surface area (Å²) in [7, 11) is -3.61. The van der Waals surface area contributed by atoms with E-state index in [4.69, 9.17) is 0 Å². The summed E-state index contributed by atoms with van der Waals surface area (Å²) in [5.41, 5.74) is 3.75. The Balaban J connectivity index is 2.17. The minimum Gasteiger partial charge on any atom is -0.259 e. The fourth-order valence-electron chi connectivity index (χ4n) is 3.08. The molecule has 0 saturated heterocycles. The topological polar surface area (TPSA) is 37.4 Å². The predicted molar refractivity (Wildman–Crippen MR) is 94.2 cm³/mol. The molecule has 1 heterocycles. The second-order valence-corrected chi connectivity index (χ2v) is 7.96. The van der Waals surface area contributed by atoms with E-state index < -0.39 is 10.0 Å². The third-order valence-corrected chi connectivity index (χ3v) is 6.18. The Morgan fingerprint density at radius 1 is 1.13 bits per heavy atom. The van der Waals surface area contributed by atoms with Gasteiger partial charge in [-0.15, -0.1) is 0 Å². The number of fused-ring (bicyclic) bond motifs is 1. The summed E-state index contributed by atoms with van der Waals surface area (Å²) in [6, 6.07) is 14.5. The molecule has 0 spiro atoms. The number of para-hydroxylation sites is 1. The highest BCUT2D eigenvalue weighted by molar-refractivity contribution is 7.92. The molecular weight excluding hydrogens is 306 g/mol. The van der Waals surface area contributed by atoms with Gasteiger partial charge in [0, 0.05) is 0 Å². The van der Waals surface area contributed by atoms with Gasteiger partial charge in [-0.1, -0.05) is 48.0 Å². The molecule has 1 aliphatic rings. The molecule has 3 nitrogen and oxygen atoms in total. The van der Waals surface area contributed by atoms with Crippen LogP contribution in [-0.4, -0.2) is 14.5 Å². The van der Waals surface area contributed by atoms with Crippen molar-refractivity contribution in [3.63, 3.8) is 0 Å². The first-order chi connectivity index (χ1) is 10.9. The van der Waals surface area contributed by atoms with E-state index in [0.717, 1.165) is 35.2 Å². The summed E-state index contributed by atoms with van der Waals surface area (Å²) in [6.45, 7) is 7.86. The van der Waals surface area contributed by atoms with Crippen LogP contribution in [0.4, 0.5) is 5.69 Å². The summed E-state index contributed by atoms with van der Waals surface area (Å²) < 4.78 is 28.1. The first kappa shape index (κ1) is 15.8. The van der Waals surface area contributed by atoms with Gasteiger partial charge >= 0.3 is 0 Å². The molecule has 0 bridgehead atoms. The first-order valence-electron chi connectivity index (χ1n) is 7.75. The van der Waals surface area contributed by atoms with Crippen molar-refractivity contribution in [2.24, 2.45) is 0 Å². The summed E-state index contributed by atoms with van der Waals surface area (Å²) in [4.78, 5) is 0.325. The summed E-state index contributed by atoms with van der Waals surface area (Å²) in [6.07, 6.45) is 1.63. The van der Waals surface area contributed by atoms with Crippen molar-refractivity contribution in [3.8, 4) is 0 Å². The molecule has 2 aromatic rings. The molecule has 0 N–H and O–H groups in total. The number of benzene rings is 2. The zero-order chi connectivity index (χ0) is 16.6. The molecule has 2 aromatic carbocycles. The van der Waals surface area contributed by atoms with Gasteiger partial charge in [0.1, 0.15) is 0 Å². The van der Waals surface area contributed by atoms with Crippen LogP contribution in [0, 0.1) is 6.92 Å². The Labute approximate surface area is 138 Å². The summed E-state index contributed by atoms with van der Waals surface area (Å²) in [5.74, 6) is 0. The molecule has 0 amide bonds. The van der Waals surface area contributed by atoms with Crippen LogP contribution in [0.15, 0.2) is 65.6 Å². The molecule has 23 heavy (non-hydrogen) atoms. The fourth-order valence-corrected chi connectivity index (χ4v) is 4.85. The van der Waals surface area contributed by atoms with E-state index in [9.17, 15) is 8.42 Å². The van der Waals surface area contributed by atoms with Crippen LogP contribution < -0.4 is 4.31 Å². The van der Waals surface area contributed by atoms with E-state index in [1.807, 2.05) is 50.2 Å². The molecule has 120 valence electrons. The zero-order valence-corrected chi connectivity index (χ0v) is 14.3. The zero-order valence-electron chi connectivity index (χ0n) is 13.5. The number of hydrogen-bond acceptors (Lipinski definition) is 2. The van der Waals surface area contributed by atoms with Crippen molar-refractivity contribution in [2.75, 3.05) is 4.31 Å². The van der Waals surface area contributed by atoms with Crippen LogP contribution in [0.5, 0.6) is 0 Å². The second kappa shape index (κ2) is 5.85. The Kier molecular flexibility index (Phi) is 4.02. The lowest BCUT2D eigenvalue weighted by atomic mass is 9.95. The van der Waals surface area contributed by atoms with Crippen LogP contribution in [0.3, 0.4) is 0 Å². The third-order valence-electron chi connectivity index (χ3n) is 4.35. The van der Waals surface area contributed by atoms with Crippen molar-refractivity contribution in [1.82, 2.24) is 0 Å². The molecular formula is C19H21NO2S. The molecule has 3 rings (SSSR count). The maximum absolute atomic E-state index is 13.3. The Morgan fingerprint density at radius 3 is 2.43 bits per heavy atom. The smallest absolute Gasteiger partial charge is 0.259 e. The predicted octanol–water partition coefficient (Wildman–Crippen LogP) is 4.08. The van der Waals surface area contributed by atoms with Crippen molar-refractivity contribution in [3.05, 3.63) is 71.8 Å². The molecule has 0 aromatic heterocycles. The molecule has 0 radical (unpaired) electrons. The lowest BCUT2D eigenvalue weighted by Crippen LogP contribution is -2.44. The lowest BCUT2D eigenvalue weighted by molar-refractivity contribution is 0.569. The van der Waals surface area contributed by atoms with E-state index in [1.165, 1.54) is 0 Å². The molecule has 1 unspecified atom stereocenters. The standard InChI is InChI=1S/C19H21NO2S/c1-14(2)18-13-10-16-6-4-5-7-19(16)20(18)23(21,22)17-11-8-15(3)9-12-17/h4-9,11-12,18H,1,10,13H2,2-3H3. The summed E-state index contributed by atoms with van der Waals surface area (Å²) in [5, 5.41) is 0. The van der Waals surface area contributed by atoms with Crippen LogP contribution in [-0.2, 0) is 16.4 Å². The highest BCUT2D eigenvalue weighted by atomic mass is 32.2. The average molecular weight is 327 g/mol. The molecule has 0 aliphatic carbocycles. The highest BCUT2D eigenvalue weighted by Gasteiger charge is 2.36. The van der Waals surface area contributed by atoms with Gasteiger partial charge in [0.15, 0.2) is 0 Å². The number of sulfonamides is 1. The van der Waals surface area contributed by atoms with Crippen molar-refractivity contribution in [2.45, 2.75) is 37.6 Å². The Hall–Kier alpha value is -2.07.